The minimum Gasteiger partial charge on any atom is -0.375 e. The van der Waals surface area contributed by atoms with E-state index >= 15 is 0 Å². The topological polar surface area (TPSA) is 12.0 Å². The first-order valence-corrected chi connectivity index (χ1v) is 5.74. The molecule has 0 spiro atoms. The first-order valence-electron chi connectivity index (χ1n) is 5.74. The summed E-state index contributed by atoms with van der Waals surface area (Å²) in [7, 11) is 0. The van der Waals surface area contributed by atoms with Crippen molar-refractivity contribution in [1.29, 1.82) is 0 Å². The van der Waals surface area contributed by atoms with E-state index in [-0.39, 0.29) is 5.56 Å². The van der Waals surface area contributed by atoms with Crippen LogP contribution in [0.15, 0.2) is 30.3 Å². The van der Waals surface area contributed by atoms with Gasteiger partial charge in [-0.2, -0.15) is 0 Å². The summed E-state index contributed by atoms with van der Waals surface area (Å²) < 4.78 is 52.8. The van der Waals surface area contributed by atoms with Gasteiger partial charge in [0.2, 0.25) is 0 Å². The Bertz CT molecular complexity index is 631. The van der Waals surface area contributed by atoms with Gasteiger partial charge in [0, 0.05) is 0 Å². The number of benzene rings is 2. The fourth-order valence-corrected chi connectivity index (χ4v) is 2.32. The highest BCUT2D eigenvalue weighted by atomic mass is 19.2. The lowest BCUT2D eigenvalue weighted by Crippen LogP contribution is -2.08. The Labute approximate surface area is 106 Å². The van der Waals surface area contributed by atoms with Crippen molar-refractivity contribution in [2.75, 3.05) is 5.32 Å². The maximum atomic E-state index is 13.5. The molecule has 0 amide bonds. The molecule has 0 aromatic heterocycles. The lowest BCUT2D eigenvalue weighted by Gasteiger charge is -2.12. The highest BCUT2D eigenvalue weighted by Crippen LogP contribution is 2.36. The van der Waals surface area contributed by atoms with Crippen LogP contribution >= 0.6 is 0 Å². The van der Waals surface area contributed by atoms with Crippen LogP contribution in [0.1, 0.15) is 17.2 Å². The zero-order valence-electron chi connectivity index (χ0n) is 9.68. The van der Waals surface area contributed by atoms with Gasteiger partial charge in [0.1, 0.15) is 5.82 Å². The lowest BCUT2D eigenvalue weighted by atomic mass is 10.0. The molecule has 2 aromatic rings. The monoisotopic (exact) mass is 267 g/mol. The summed E-state index contributed by atoms with van der Waals surface area (Å²) in [5.74, 6) is -4.39. The van der Waals surface area contributed by atoms with Crippen LogP contribution in [0.2, 0.25) is 0 Å². The average Bonchev–Trinajstić information content (AvgIpc) is 2.81. The van der Waals surface area contributed by atoms with E-state index in [0.717, 1.165) is 17.7 Å². The van der Waals surface area contributed by atoms with Gasteiger partial charge in [0.05, 0.1) is 11.7 Å². The summed E-state index contributed by atoms with van der Waals surface area (Å²) >= 11 is 0. The molecule has 0 saturated carbocycles. The van der Waals surface area contributed by atoms with E-state index in [9.17, 15) is 17.6 Å². The largest absolute Gasteiger partial charge is 0.375 e. The van der Waals surface area contributed by atoms with Crippen molar-refractivity contribution in [1.82, 2.24) is 0 Å². The summed E-state index contributed by atoms with van der Waals surface area (Å²) in [5.41, 5.74) is 1.32. The van der Waals surface area contributed by atoms with Gasteiger partial charge in [-0.3, -0.25) is 0 Å². The molecule has 0 saturated heterocycles. The summed E-state index contributed by atoms with van der Waals surface area (Å²) in [6, 6.07) is 6.02. The standard InChI is InChI=1S/C14H9F4N/c15-9-3-1-2-7-6-12(19-14(7)9)8-4-10(16)13(18)11(17)5-8/h1-5,12,19H,6H2. The number of hydrogen-bond donors (Lipinski definition) is 1. The van der Waals surface area contributed by atoms with Crippen molar-refractivity contribution in [2.45, 2.75) is 12.5 Å². The highest BCUT2D eigenvalue weighted by Gasteiger charge is 2.26. The van der Waals surface area contributed by atoms with Gasteiger partial charge in [-0.25, -0.2) is 17.6 Å². The van der Waals surface area contributed by atoms with E-state index in [4.69, 9.17) is 0 Å². The third-order valence-electron chi connectivity index (χ3n) is 3.25. The minimum absolute atomic E-state index is 0.256. The summed E-state index contributed by atoms with van der Waals surface area (Å²) in [6.07, 6.45) is 0.400. The molecule has 5 heteroatoms. The third kappa shape index (κ3) is 1.95. The van der Waals surface area contributed by atoms with Crippen molar-refractivity contribution >= 4 is 5.69 Å². The normalized spacial score (nSPS) is 17.2. The number of hydrogen-bond acceptors (Lipinski definition) is 1. The van der Waals surface area contributed by atoms with Crippen LogP contribution in [-0.2, 0) is 6.42 Å². The Hall–Kier alpha value is -2.04. The van der Waals surface area contributed by atoms with E-state index in [1.54, 1.807) is 12.1 Å². The van der Waals surface area contributed by atoms with Crippen LogP contribution in [0.3, 0.4) is 0 Å². The molecule has 1 unspecified atom stereocenters. The van der Waals surface area contributed by atoms with Crippen molar-refractivity contribution in [3.63, 3.8) is 0 Å². The van der Waals surface area contributed by atoms with Crippen molar-refractivity contribution in [3.05, 3.63) is 64.7 Å². The Morgan fingerprint density at radius 2 is 1.63 bits per heavy atom. The predicted octanol–water partition coefficient (Wildman–Crippen LogP) is 3.95. The Morgan fingerprint density at radius 1 is 0.947 bits per heavy atom. The first kappa shape index (κ1) is 12.0. The van der Waals surface area contributed by atoms with E-state index in [2.05, 4.69) is 5.32 Å². The molecule has 3 rings (SSSR count). The van der Waals surface area contributed by atoms with Gasteiger partial charge >= 0.3 is 0 Å². The molecular weight excluding hydrogens is 258 g/mol. The third-order valence-corrected chi connectivity index (χ3v) is 3.25. The van der Waals surface area contributed by atoms with Gasteiger partial charge in [-0.1, -0.05) is 12.1 Å². The molecule has 0 fully saturated rings. The van der Waals surface area contributed by atoms with E-state index < -0.39 is 29.3 Å². The van der Waals surface area contributed by atoms with Gasteiger partial charge in [-0.15, -0.1) is 0 Å². The molecule has 1 nitrogen and oxygen atoms in total. The molecule has 1 heterocycles. The number of fused-ring (bicyclic) bond motifs is 1. The number of halogens is 4. The molecule has 1 atom stereocenters. The molecule has 2 aromatic carbocycles. The summed E-state index contributed by atoms with van der Waals surface area (Å²) in [4.78, 5) is 0. The number of para-hydroxylation sites is 1. The predicted molar refractivity (Wildman–Crippen MR) is 62.8 cm³/mol. The van der Waals surface area contributed by atoms with E-state index in [1.807, 2.05) is 0 Å². The van der Waals surface area contributed by atoms with Crippen LogP contribution in [0.5, 0.6) is 0 Å². The second-order valence-electron chi connectivity index (χ2n) is 4.47. The maximum Gasteiger partial charge on any atom is 0.194 e. The fourth-order valence-electron chi connectivity index (χ4n) is 2.32. The van der Waals surface area contributed by atoms with Crippen LogP contribution in [-0.4, -0.2) is 0 Å². The smallest absolute Gasteiger partial charge is 0.194 e. The van der Waals surface area contributed by atoms with Gasteiger partial charge in [0.25, 0.3) is 0 Å². The van der Waals surface area contributed by atoms with Gasteiger partial charge in [-0.05, 0) is 35.7 Å². The molecule has 98 valence electrons. The molecule has 0 aliphatic carbocycles. The van der Waals surface area contributed by atoms with Gasteiger partial charge in [0.15, 0.2) is 17.5 Å². The molecule has 1 aliphatic rings. The zero-order chi connectivity index (χ0) is 13.6. The molecular formula is C14H9F4N. The molecule has 0 bridgehead atoms. The highest BCUT2D eigenvalue weighted by molar-refractivity contribution is 5.59. The molecule has 19 heavy (non-hydrogen) atoms. The number of anilines is 1. The lowest BCUT2D eigenvalue weighted by molar-refractivity contribution is 0.444. The quantitative estimate of drug-likeness (QED) is 0.609. The second kappa shape index (κ2) is 4.26. The second-order valence-corrected chi connectivity index (χ2v) is 4.47. The number of nitrogens with one attached hydrogen (secondary N) is 1. The SMILES string of the molecule is Fc1cc(C2Cc3cccc(F)c3N2)cc(F)c1F. The Balaban J connectivity index is 1.97. The summed E-state index contributed by atoms with van der Waals surface area (Å²) in [5, 5.41) is 2.86. The van der Waals surface area contributed by atoms with Gasteiger partial charge < -0.3 is 5.32 Å². The molecule has 0 radical (unpaired) electrons. The van der Waals surface area contributed by atoms with Crippen LogP contribution in [0.25, 0.3) is 0 Å². The molecule has 1 N–H and O–H groups in total. The summed E-state index contributed by atoms with van der Waals surface area (Å²) in [6.45, 7) is 0. The number of rotatable bonds is 1. The minimum atomic E-state index is -1.49. The van der Waals surface area contributed by atoms with Crippen molar-refractivity contribution < 1.29 is 17.6 Å². The first-order chi connectivity index (χ1) is 9.06. The average molecular weight is 267 g/mol. The van der Waals surface area contributed by atoms with Crippen molar-refractivity contribution in [3.8, 4) is 0 Å². The van der Waals surface area contributed by atoms with E-state index in [1.165, 1.54) is 6.07 Å². The Morgan fingerprint density at radius 3 is 2.26 bits per heavy atom. The van der Waals surface area contributed by atoms with Crippen LogP contribution < -0.4 is 5.32 Å². The maximum absolute atomic E-state index is 13.5. The van der Waals surface area contributed by atoms with Crippen LogP contribution in [0, 0.1) is 23.3 Å². The van der Waals surface area contributed by atoms with Crippen LogP contribution in [0.4, 0.5) is 23.2 Å². The fraction of sp³-hybridized carbons (Fsp3) is 0.143. The van der Waals surface area contributed by atoms with Crippen molar-refractivity contribution in [2.24, 2.45) is 0 Å². The Kier molecular flexibility index (Phi) is 2.69. The van der Waals surface area contributed by atoms with E-state index in [0.29, 0.717) is 12.1 Å². The molecule has 1 aliphatic heterocycles. The zero-order valence-corrected chi connectivity index (χ0v) is 9.68.